The van der Waals surface area contributed by atoms with E-state index in [0.717, 1.165) is 31.6 Å². The Morgan fingerprint density at radius 3 is 2.53 bits per heavy atom. The molecule has 0 aromatic heterocycles. The molecule has 1 aliphatic rings. The minimum absolute atomic E-state index is 0.0119. The molecule has 0 spiro atoms. The molecule has 1 saturated heterocycles. The zero-order valence-corrected chi connectivity index (χ0v) is 10.9. The van der Waals surface area contributed by atoms with Gasteiger partial charge in [-0.1, -0.05) is 0 Å². The number of piperidine rings is 1. The first-order valence-electron chi connectivity index (χ1n) is 6.41. The van der Waals surface area contributed by atoms with Gasteiger partial charge in [0, 0.05) is 19.3 Å². The summed E-state index contributed by atoms with van der Waals surface area (Å²) in [5.74, 6) is -0.870. The SMILES string of the molecule is CN(C(=O)C1CCCNC1)c1ccc(C(=O)O)cc1. The molecule has 5 heteroatoms. The van der Waals surface area contributed by atoms with Crippen molar-refractivity contribution in [2.75, 3.05) is 25.0 Å². The Labute approximate surface area is 112 Å². The summed E-state index contributed by atoms with van der Waals surface area (Å²) in [5, 5.41) is 12.1. The van der Waals surface area contributed by atoms with Crippen LogP contribution in [0.4, 0.5) is 5.69 Å². The summed E-state index contributed by atoms with van der Waals surface area (Å²) >= 11 is 0. The molecule has 102 valence electrons. The largest absolute Gasteiger partial charge is 0.478 e. The number of nitrogens with one attached hydrogen (secondary N) is 1. The van der Waals surface area contributed by atoms with Gasteiger partial charge in [0.05, 0.1) is 11.5 Å². The quantitative estimate of drug-likeness (QED) is 0.862. The number of rotatable bonds is 3. The number of amides is 1. The molecular weight excluding hydrogens is 244 g/mol. The van der Waals surface area contributed by atoms with E-state index in [9.17, 15) is 9.59 Å². The summed E-state index contributed by atoms with van der Waals surface area (Å²) in [5.41, 5.74) is 0.949. The van der Waals surface area contributed by atoms with E-state index >= 15 is 0 Å². The molecule has 0 bridgehead atoms. The topological polar surface area (TPSA) is 69.6 Å². The summed E-state index contributed by atoms with van der Waals surface area (Å²) in [6, 6.07) is 6.36. The number of nitrogens with zero attached hydrogens (tertiary/aromatic N) is 1. The summed E-state index contributed by atoms with van der Waals surface area (Å²) in [6.07, 6.45) is 1.92. The molecule has 19 heavy (non-hydrogen) atoms. The number of hydrogen-bond donors (Lipinski definition) is 2. The zero-order valence-electron chi connectivity index (χ0n) is 10.9. The molecule has 2 rings (SSSR count). The molecule has 0 radical (unpaired) electrons. The van der Waals surface area contributed by atoms with Crippen molar-refractivity contribution in [1.82, 2.24) is 5.32 Å². The van der Waals surface area contributed by atoms with Crippen LogP contribution in [0.25, 0.3) is 0 Å². The number of carbonyl (C=O) groups excluding carboxylic acids is 1. The fraction of sp³-hybridized carbons (Fsp3) is 0.429. The Kier molecular flexibility index (Phi) is 4.16. The standard InChI is InChI=1S/C14H18N2O3/c1-16(13(17)11-3-2-8-15-9-11)12-6-4-10(5-7-12)14(18)19/h4-7,11,15H,2-3,8-9H2,1H3,(H,18,19). The van der Waals surface area contributed by atoms with Gasteiger partial charge in [-0.05, 0) is 43.7 Å². The normalized spacial score (nSPS) is 18.9. The Morgan fingerprint density at radius 1 is 1.32 bits per heavy atom. The maximum absolute atomic E-state index is 12.3. The van der Waals surface area contributed by atoms with Gasteiger partial charge in [0.15, 0.2) is 0 Å². The van der Waals surface area contributed by atoms with E-state index in [1.165, 1.54) is 12.1 Å². The van der Waals surface area contributed by atoms with Crippen LogP contribution in [0.2, 0.25) is 0 Å². The second-order valence-corrected chi connectivity index (χ2v) is 4.79. The summed E-state index contributed by atoms with van der Waals surface area (Å²) in [4.78, 5) is 24.7. The molecule has 0 saturated carbocycles. The Hall–Kier alpha value is -1.88. The van der Waals surface area contributed by atoms with Crippen LogP contribution in [0.1, 0.15) is 23.2 Å². The first-order valence-corrected chi connectivity index (χ1v) is 6.41. The van der Waals surface area contributed by atoms with Crippen molar-refractivity contribution >= 4 is 17.6 Å². The molecule has 1 unspecified atom stereocenters. The molecule has 2 N–H and O–H groups in total. The lowest BCUT2D eigenvalue weighted by molar-refractivity contribution is -0.122. The van der Waals surface area contributed by atoms with Crippen molar-refractivity contribution in [2.45, 2.75) is 12.8 Å². The highest BCUT2D eigenvalue weighted by Gasteiger charge is 2.24. The molecule has 1 amide bonds. The van der Waals surface area contributed by atoms with Crippen LogP contribution in [-0.2, 0) is 4.79 Å². The van der Waals surface area contributed by atoms with E-state index in [0.29, 0.717) is 0 Å². The second kappa shape index (κ2) is 5.84. The smallest absolute Gasteiger partial charge is 0.335 e. The summed E-state index contributed by atoms with van der Waals surface area (Å²) in [6.45, 7) is 1.69. The van der Waals surface area contributed by atoms with Crippen molar-refractivity contribution in [2.24, 2.45) is 5.92 Å². The minimum Gasteiger partial charge on any atom is -0.478 e. The fourth-order valence-electron chi connectivity index (χ4n) is 2.29. The van der Waals surface area contributed by atoms with Crippen molar-refractivity contribution < 1.29 is 14.7 Å². The van der Waals surface area contributed by atoms with Crippen molar-refractivity contribution in [3.05, 3.63) is 29.8 Å². The van der Waals surface area contributed by atoms with E-state index in [1.807, 2.05) is 0 Å². The number of benzene rings is 1. The van der Waals surface area contributed by atoms with E-state index in [4.69, 9.17) is 5.11 Å². The van der Waals surface area contributed by atoms with Gasteiger partial charge < -0.3 is 15.3 Å². The number of carbonyl (C=O) groups is 2. The number of carboxylic acid groups (broad SMARTS) is 1. The third-order valence-corrected chi connectivity index (χ3v) is 3.48. The molecule has 5 nitrogen and oxygen atoms in total. The Morgan fingerprint density at radius 2 is 2.00 bits per heavy atom. The fourth-order valence-corrected chi connectivity index (χ4v) is 2.29. The van der Waals surface area contributed by atoms with Gasteiger partial charge in [0.1, 0.15) is 0 Å². The van der Waals surface area contributed by atoms with Crippen LogP contribution < -0.4 is 10.2 Å². The van der Waals surface area contributed by atoms with Gasteiger partial charge in [0.2, 0.25) is 5.91 Å². The summed E-state index contributed by atoms with van der Waals surface area (Å²) < 4.78 is 0. The average Bonchev–Trinajstić information content (AvgIpc) is 2.46. The molecule has 1 atom stereocenters. The zero-order chi connectivity index (χ0) is 13.8. The van der Waals surface area contributed by atoms with E-state index in [2.05, 4.69) is 5.32 Å². The van der Waals surface area contributed by atoms with Gasteiger partial charge >= 0.3 is 5.97 Å². The highest BCUT2D eigenvalue weighted by molar-refractivity contribution is 5.95. The van der Waals surface area contributed by atoms with Gasteiger partial charge in [-0.15, -0.1) is 0 Å². The second-order valence-electron chi connectivity index (χ2n) is 4.79. The number of hydrogen-bond acceptors (Lipinski definition) is 3. The van der Waals surface area contributed by atoms with Gasteiger partial charge in [-0.25, -0.2) is 4.79 Å². The van der Waals surface area contributed by atoms with Crippen molar-refractivity contribution in [3.8, 4) is 0 Å². The molecule has 1 heterocycles. The molecule has 1 aromatic rings. The third kappa shape index (κ3) is 3.12. The maximum Gasteiger partial charge on any atom is 0.335 e. The van der Waals surface area contributed by atoms with Crippen LogP contribution >= 0.6 is 0 Å². The third-order valence-electron chi connectivity index (χ3n) is 3.48. The lowest BCUT2D eigenvalue weighted by Gasteiger charge is -2.27. The van der Waals surface area contributed by atoms with Gasteiger partial charge in [-0.3, -0.25) is 4.79 Å². The maximum atomic E-state index is 12.3. The summed E-state index contributed by atoms with van der Waals surface area (Å²) in [7, 11) is 1.73. The van der Waals surface area contributed by atoms with Crippen molar-refractivity contribution in [3.63, 3.8) is 0 Å². The molecule has 1 fully saturated rings. The van der Waals surface area contributed by atoms with E-state index in [1.54, 1.807) is 24.1 Å². The van der Waals surface area contributed by atoms with Crippen LogP contribution in [0.3, 0.4) is 0 Å². The first-order chi connectivity index (χ1) is 9.09. The molecular formula is C14H18N2O3. The van der Waals surface area contributed by atoms with Crippen molar-refractivity contribution in [1.29, 1.82) is 0 Å². The minimum atomic E-state index is -0.961. The molecule has 0 aliphatic carbocycles. The van der Waals surface area contributed by atoms with Gasteiger partial charge in [-0.2, -0.15) is 0 Å². The highest BCUT2D eigenvalue weighted by Crippen LogP contribution is 2.19. The molecule has 1 aromatic carbocycles. The molecule has 1 aliphatic heterocycles. The van der Waals surface area contributed by atoms with Gasteiger partial charge in [0.25, 0.3) is 0 Å². The van der Waals surface area contributed by atoms with Crippen LogP contribution in [0.5, 0.6) is 0 Å². The number of aromatic carboxylic acids is 1. The predicted molar refractivity (Wildman–Crippen MR) is 72.4 cm³/mol. The first kappa shape index (κ1) is 13.5. The van der Waals surface area contributed by atoms with Crippen LogP contribution in [0.15, 0.2) is 24.3 Å². The van der Waals surface area contributed by atoms with E-state index in [-0.39, 0.29) is 17.4 Å². The van der Waals surface area contributed by atoms with Crippen LogP contribution in [0, 0.1) is 5.92 Å². The number of anilines is 1. The van der Waals surface area contributed by atoms with E-state index < -0.39 is 5.97 Å². The lowest BCUT2D eigenvalue weighted by Crippen LogP contribution is -2.41. The Balaban J connectivity index is 2.07. The Bertz CT molecular complexity index is 464. The highest BCUT2D eigenvalue weighted by atomic mass is 16.4. The average molecular weight is 262 g/mol. The monoisotopic (exact) mass is 262 g/mol. The lowest BCUT2D eigenvalue weighted by atomic mass is 9.98. The van der Waals surface area contributed by atoms with Crippen LogP contribution in [-0.4, -0.2) is 37.1 Å². The number of carboxylic acids is 1. The predicted octanol–water partition coefficient (Wildman–Crippen LogP) is 1.35.